The molecule has 1 aromatic carbocycles. The second-order valence-corrected chi connectivity index (χ2v) is 12.8. The molecular weight excluding hydrogens is 518 g/mol. The molecule has 0 atom stereocenters. The first-order chi connectivity index (χ1) is 15.6. The fraction of sp³-hybridized carbons (Fsp3) is 0.400. The van der Waals surface area contributed by atoms with Crippen molar-refractivity contribution in [2.45, 2.75) is 53.6 Å². The number of halogens is 1. The number of hydrogen-bond acceptors (Lipinski definition) is 5. The van der Waals surface area contributed by atoms with Gasteiger partial charge in [-0.3, -0.25) is 9.59 Å². The summed E-state index contributed by atoms with van der Waals surface area (Å²) in [6, 6.07) is 8.83. The standard InChI is InChI=1S/C25H30BrN3O4S/c1-24(2,3)13-19(30)29(7)14-8-9-15-16(12-14)27-21(20(15)23(32)33-25(4,5)6)28-22(31)17-10-11-18(26)34-17/h8-12,27H,13H2,1-7H3,(H,28,31). The van der Waals surface area contributed by atoms with Gasteiger partial charge in [-0.05, 0) is 72.4 Å². The highest BCUT2D eigenvalue weighted by Crippen LogP contribution is 2.33. The molecule has 0 aliphatic carbocycles. The molecule has 182 valence electrons. The highest BCUT2D eigenvalue weighted by molar-refractivity contribution is 9.11. The van der Waals surface area contributed by atoms with E-state index in [1.54, 1.807) is 63.1 Å². The van der Waals surface area contributed by atoms with Crippen molar-refractivity contribution in [1.82, 2.24) is 4.98 Å². The van der Waals surface area contributed by atoms with Gasteiger partial charge in [0.15, 0.2) is 0 Å². The molecule has 0 aliphatic rings. The second kappa shape index (κ2) is 9.54. The number of nitrogens with one attached hydrogen (secondary N) is 2. The molecule has 34 heavy (non-hydrogen) atoms. The van der Waals surface area contributed by atoms with Crippen molar-refractivity contribution < 1.29 is 19.1 Å². The van der Waals surface area contributed by atoms with Gasteiger partial charge >= 0.3 is 5.97 Å². The number of carbonyl (C=O) groups excluding carboxylic acids is 3. The number of anilines is 2. The third-order valence-electron chi connectivity index (χ3n) is 4.86. The van der Waals surface area contributed by atoms with Crippen LogP contribution in [0.3, 0.4) is 0 Å². The highest BCUT2D eigenvalue weighted by atomic mass is 79.9. The van der Waals surface area contributed by atoms with Gasteiger partial charge in [-0.15, -0.1) is 11.3 Å². The van der Waals surface area contributed by atoms with Gasteiger partial charge in [-0.25, -0.2) is 4.79 Å². The van der Waals surface area contributed by atoms with Crippen molar-refractivity contribution in [2.75, 3.05) is 17.3 Å². The van der Waals surface area contributed by atoms with E-state index in [4.69, 9.17) is 4.74 Å². The van der Waals surface area contributed by atoms with E-state index >= 15 is 0 Å². The molecule has 0 aliphatic heterocycles. The monoisotopic (exact) mass is 547 g/mol. The number of hydrogen-bond donors (Lipinski definition) is 2. The summed E-state index contributed by atoms with van der Waals surface area (Å²) in [6.45, 7) is 11.4. The summed E-state index contributed by atoms with van der Waals surface area (Å²) in [4.78, 5) is 43.9. The van der Waals surface area contributed by atoms with Crippen LogP contribution in [-0.4, -0.2) is 35.4 Å². The Morgan fingerprint density at radius 2 is 1.76 bits per heavy atom. The summed E-state index contributed by atoms with van der Waals surface area (Å²) in [6.07, 6.45) is 0.396. The van der Waals surface area contributed by atoms with E-state index in [9.17, 15) is 14.4 Å². The normalized spacial score (nSPS) is 12.0. The maximum Gasteiger partial charge on any atom is 0.343 e. The van der Waals surface area contributed by atoms with Crippen molar-refractivity contribution in [2.24, 2.45) is 5.41 Å². The van der Waals surface area contributed by atoms with E-state index in [2.05, 4.69) is 26.2 Å². The van der Waals surface area contributed by atoms with E-state index in [1.807, 2.05) is 20.8 Å². The molecule has 2 aromatic heterocycles. The zero-order valence-corrected chi connectivity index (χ0v) is 22.9. The van der Waals surface area contributed by atoms with Gasteiger partial charge in [0.25, 0.3) is 5.91 Å². The van der Waals surface area contributed by atoms with Crippen molar-refractivity contribution >= 4 is 67.5 Å². The Hall–Kier alpha value is -2.65. The van der Waals surface area contributed by atoms with Crippen LogP contribution in [0.1, 0.15) is 68.0 Å². The Bertz CT molecular complexity index is 1250. The van der Waals surface area contributed by atoms with Crippen LogP contribution < -0.4 is 10.2 Å². The predicted octanol–water partition coefficient (Wildman–Crippen LogP) is 6.60. The smallest absolute Gasteiger partial charge is 0.343 e. The number of H-pyrrole nitrogens is 1. The lowest BCUT2D eigenvalue weighted by atomic mass is 9.91. The van der Waals surface area contributed by atoms with Crippen molar-refractivity contribution in [3.63, 3.8) is 0 Å². The number of ether oxygens (including phenoxy) is 1. The van der Waals surface area contributed by atoms with Crippen molar-refractivity contribution in [3.05, 3.63) is 44.6 Å². The molecule has 0 spiro atoms. The van der Waals surface area contributed by atoms with Crippen molar-refractivity contribution in [3.8, 4) is 0 Å². The minimum Gasteiger partial charge on any atom is -0.456 e. The van der Waals surface area contributed by atoms with Gasteiger partial charge in [0, 0.05) is 30.1 Å². The van der Waals surface area contributed by atoms with Crippen LogP contribution in [0.5, 0.6) is 0 Å². The van der Waals surface area contributed by atoms with Crippen molar-refractivity contribution in [1.29, 1.82) is 0 Å². The molecule has 2 N–H and O–H groups in total. The Balaban J connectivity index is 2.02. The molecule has 9 heteroatoms. The molecular formula is C25H30BrN3O4S. The van der Waals surface area contributed by atoms with Gasteiger partial charge in [0.05, 0.1) is 8.66 Å². The summed E-state index contributed by atoms with van der Waals surface area (Å²) in [5, 5.41) is 3.41. The molecule has 0 saturated heterocycles. The number of aromatic amines is 1. The largest absolute Gasteiger partial charge is 0.456 e. The fourth-order valence-corrected chi connectivity index (χ4v) is 4.64. The zero-order valence-electron chi connectivity index (χ0n) is 20.5. The second-order valence-electron chi connectivity index (χ2n) is 10.4. The first-order valence-corrected chi connectivity index (χ1v) is 12.5. The molecule has 0 bridgehead atoms. The van der Waals surface area contributed by atoms with Crippen LogP contribution in [0, 0.1) is 5.41 Å². The molecule has 7 nitrogen and oxygen atoms in total. The maximum atomic E-state index is 13.1. The predicted molar refractivity (Wildman–Crippen MR) is 141 cm³/mol. The molecule has 0 saturated carbocycles. The van der Waals surface area contributed by atoms with Gasteiger partial charge in [-0.1, -0.05) is 20.8 Å². The molecule has 2 amide bonds. The van der Waals surface area contributed by atoms with E-state index < -0.39 is 11.6 Å². The third-order valence-corrected chi connectivity index (χ3v) is 6.49. The van der Waals surface area contributed by atoms with E-state index in [-0.39, 0.29) is 28.6 Å². The molecule has 0 fully saturated rings. The van der Waals surface area contributed by atoms with Crippen LogP contribution in [-0.2, 0) is 9.53 Å². The average molecular weight is 549 g/mol. The lowest BCUT2D eigenvalue weighted by Crippen LogP contribution is -2.29. The van der Waals surface area contributed by atoms with Crippen LogP contribution >= 0.6 is 27.3 Å². The van der Waals surface area contributed by atoms with Gasteiger partial charge in [0.2, 0.25) is 5.91 Å². The Morgan fingerprint density at radius 1 is 1.09 bits per heavy atom. The molecule has 3 rings (SSSR count). The average Bonchev–Trinajstić information content (AvgIpc) is 3.27. The molecule has 3 aromatic rings. The topological polar surface area (TPSA) is 91.5 Å². The lowest BCUT2D eigenvalue weighted by Gasteiger charge is -2.23. The Labute approximate surface area is 212 Å². The van der Waals surface area contributed by atoms with Crippen LogP contribution in [0.25, 0.3) is 10.9 Å². The number of fused-ring (bicyclic) bond motifs is 1. The summed E-state index contributed by atoms with van der Waals surface area (Å²) < 4.78 is 6.44. The third kappa shape index (κ3) is 6.27. The Kier molecular flexibility index (Phi) is 7.28. The number of nitrogens with zero attached hydrogens (tertiary/aromatic N) is 1. The van der Waals surface area contributed by atoms with Crippen LogP contribution in [0.2, 0.25) is 0 Å². The van der Waals surface area contributed by atoms with E-state index in [0.29, 0.717) is 27.9 Å². The molecule has 0 radical (unpaired) electrons. The minimum absolute atomic E-state index is 0.0115. The number of carbonyl (C=O) groups is 3. The quantitative estimate of drug-likeness (QED) is 0.352. The summed E-state index contributed by atoms with van der Waals surface area (Å²) >= 11 is 4.65. The Morgan fingerprint density at radius 3 is 2.32 bits per heavy atom. The fourth-order valence-electron chi connectivity index (χ4n) is 3.36. The zero-order chi connectivity index (χ0) is 25.4. The first-order valence-electron chi connectivity index (χ1n) is 10.9. The van der Waals surface area contributed by atoms with Crippen LogP contribution in [0.4, 0.5) is 11.5 Å². The highest BCUT2D eigenvalue weighted by Gasteiger charge is 2.27. The molecule has 0 unspecified atom stereocenters. The van der Waals surface area contributed by atoms with Gasteiger partial charge in [-0.2, -0.15) is 0 Å². The number of benzene rings is 1. The number of thiophene rings is 1. The first kappa shape index (κ1) is 26.0. The van der Waals surface area contributed by atoms with Crippen LogP contribution in [0.15, 0.2) is 34.1 Å². The minimum atomic E-state index is -0.708. The van der Waals surface area contributed by atoms with Gasteiger partial charge in [0.1, 0.15) is 17.0 Å². The summed E-state index contributed by atoms with van der Waals surface area (Å²) in [5.41, 5.74) is 0.680. The lowest BCUT2D eigenvalue weighted by molar-refractivity contribution is -0.120. The number of esters is 1. The number of amides is 2. The summed E-state index contributed by atoms with van der Waals surface area (Å²) in [5.74, 6) is -0.654. The summed E-state index contributed by atoms with van der Waals surface area (Å²) in [7, 11) is 1.73. The maximum absolute atomic E-state index is 13.1. The molecule has 2 heterocycles. The number of aromatic nitrogens is 1. The number of rotatable bonds is 5. The van der Waals surface area contributed by atoms with Gasteiger partial charge < -0.3 is 19.9 Å². The van der Waals surface area contributed by atoms with E-state index in [0.717, 1.165) is 3.79 Å². The van der Waals surface area contributed by atoms with E-state index in [1.165, 1.54) is 11.3 Å². The SMILES string of the molecule is CN(C(=O)CC(C)(C)C)c1ccc2c(C(=O)OC(C)(C)C)c(NC(=O)c3ccc(Br)s3)[nH]c2c1.